The Morgan fingerprint density at radius 2 is 1.61 bits per heavy atom. The molecule has 4 rings (SSSR count). The maximum absolute atomic E-state index is 12.5. The Balaban J connectivity index is 1.48. The van der Waals surface area contributed by atoms with Gasteiger partial charge >= 0.3 is 0 Å². The third-order valence-electron chi connectivity index (χ3n) is 5.02. The molecule has 156 valence electrons. The number of carbonyl (C=O) groups excluding carboxylic acids is 1. The molecule has 0 saturated carbocycles. The van der Waals surface area contributed by atoms with Crippen LogP contribution in [0.3, 0.4) is 0 Å². The van der Waals surface area contributed by atoms with Crippen molar-refractivity contribution in [2.24, 2.45) is 7.05 Å². The number of benzene rings is 3. The summed E-state index contributed by atoms with van der Waals surface area (Å²) in [7, 11) is 1.96. The first-order valence-corrected chi connectivity index (χ1v) is 11.0. The van der Waals surface area contributed by atoms with Gasteiger partial charge in [-0.3, -0.25) is 4.79 Å². The van der Waals surface area contributed by atoms with E-state index in [4.69, 9.17) is 0 Å². The molecule has 6 heteroatoms. The smallest absolute Gasteiger partial charge is 0.255 e. The highest BCUT2D eigenvalue weighted by atomic mass is 32.2. The molecule has 1 aromatic heterocycles. The van der Waals surface area contributed by atoms with Gasteiger partial charge in [-0.05, 0) is 43.7 Å². The Hall–Kier alpha value is -3.38. The summed E-state index contributed by atoms with van der Waals surface area (Å²) in [6, 6.07) is 23.7. The molecule has 0 aliphatic rings. The number of hydrogen-bond donors (Lipinski definition) is 1. The monoisotopic (exact) mass is 428 g/mol. The predicted octanol–water partition coefficient (Wildman–Crippen LogP) is 5.64. The van der Waals surface area contributed by atoms with Crippen LogP contribution in [0.15, 0.2) is 78.0 Å². The van der Waals surface area contributed by atoms with Gasteiger partial charge in [-0.1, -0.05) is 71.4 Å². The van der Waals surface area contributed by atoms with Crippen molar-refractivity contribution >= 4 is 23.4 Å². The van der Waals surface area contributed by atoms with E-state index in [9.17, 15) is 4.79 Å². The molecule has 0 spiro atoms. The van der Waals surface area contributed by atoms with Crippen molar-refractivity contribution < 1.29 is 4.79 Å². The van der Waals surface area contributed by atoms with Crippen molar-refractivity contribution in [1.29, 1.82) is 0 Å². The molecule has 0 saturated heterocycles. The van der Waals surface area contributed by atoms with Crippen molar-refractivity contribution in [3.63, 3.8) is 0 Å². The molecule has 1 N–H and O–H groups in total. The number of hydrogen-bond acceptors (Lipinski definition) is 4. The maximum atomic E-state index is 12.5. The fraction of sp³-hybridized carbons (Fsp3) is 0.160. The molecule has 0 unspecified atom stereocenters. The third-order valence-corrected chi connectivity index (χ3v) is 6.11. The minimum Gasteiger partial charge on any atom is -0.322 e. The highest BCUT2D eigenvalue weighted by Gasteiger charge is 2.13. The second kappa shape index (κ2) is 9.18. The number of nitrogens with one attached hydrogen (secondary N) is 1. The van der Waals surface area contributed by atoms with Gasteiger partial charge in [0.1, 0.15) is 0 Å². The quantitative estimate of drug-likeness (QED) is 0.404. The number of anilines is 1. The van der Waals surface area contributed by atoms with Crippen LogP contribution < -0.4 is 5.32 Å². The van der Waals surface area contributed by atoms with Crippen molar-refractivity contribution in [3.8, 4) is 11.4 Å². The summed E-state index contributed by atoms with van der Waals surface area (Å²) < 4.78 is 1.99. The van der Waals surface area contributed by atoms with Gasteiger partial charge in [0.05, 0.1) is 0 Å². The Morgan fingerprint density at radius 1 is 0.935 bits per heavy atom. The summed E-state index contributed by atoms with van der Waals surface area (Å²) in [5.41, 5.74) is 5.88. The Morgan fingerprint density at radius 3 is 2.32 bits per heavy atom. The summed E-state index contributed by atoms with van der Waals surface area (Å²) in [6.07, 6.45) is 0. The molecule has 1 amide bonds. The van der Waals surface area contributed by atoms with Crippen LogP contribution in [0, 0.1) is 13.8 Å². The number of aromatic nitrogens is 3. The fourth-order valence-corrected chi connectivity index (χ4v) is 4.04. The summed E-state index contributed by atoms with van der Waals surface area (Å²) >= 11 is 1.65. The van der Waals surface area contributed by atoms with Gasteiger partial charge in [-0.25, -0.2) is 0 Å². The zero-order chi connectivity index (χ0) is 21.8. The molecular weight excluding hydrogens is 404 g/mol. The lowest BCUT2D eigenvalue weighted by Crippen LogP contribution is -2.11. The van der Waals surface area contributed by atoms with Gasteiger partial charge in [0.2, 0.25) is 0 Å². The number of nitrogens with zero attached hydrogens (tertiary/aromatic N) is 3. The first kappa shape index (κ1) is 20.9. The van der Waals surface area contributed by atoms with E-state index < -0.39 is 0 Å². The van der Waals surface area contributed by atoms with Crippen LogP contribution in [0.2, 0.25) is 0 Å². The Labute approximate surface area is 186 Å². The zero-order valence-electron chi connectivity index (χ0n) is 17.8. The number of amides is 1. The van der Waals surface area contributed by atoms with Gasteiger partial charge in [0.15, 0.2) is 11.0 Å². The third kappa shape index (κ3) is 5.03. The summed E-state index contributed by atoms with van der Waals surface area (Å²) in [6.45, 7) is 4.09. The molecular formula is C25H24N4OS. The van der Waals surface area contributed by atoms with Gasteiger partial charge in [0, 0.05) is 29.6 Å². The van der Waals surface area contributed by atoms with E-state index in [0.29, 0.717) is 5.56 Å². The van der Waals surface area contributed by atoms with Crippen LogP contribution in [0.5, 0.6) is 0 Å². The van der Waals surface area contributed by atoms with E-state index in [-0.39, 0.29) is 5.91 Å². The fourth-order valence-electron chi connectivity index (χ4n) is 3.17. The molecule has 0 radical (unpaired) electrons. The van der Waals surface area contributed by atoms with E-state index in [0.717, 1.165) is 33.5 Å². The van der Waals surface area contributed by atoms with Gasteiger partial charge in [-0.15, -0.1) is 10.2 Å². The molecule has 0 fully saturated rings. The van der Waals surface area contributed by atoms with Gasteiger partial charge in [0.25, 0.3) is 5.91 Å². The molecule has 0 bridgehead atoms. The molecule has 0 atom stereocenters. The topological polar surface area (TPSA) is 59.8 Å². The lowest BCUT2D eigenvalue weighted by Gasteiger charge is -2.08. The highest BCUT2D eigenvalue weighted by Crippen LogP contribution is 2.27. The second-order valence-corrected chi connectivity index (χ2v) is 8.48. The molecule has 0 aliphatic carbocycles. The first-order valence-electron chi connectivity index (χ1n) is 10.1. The van der Waals surface area contributed by atoms with Crippen molar-refractivity contribution in [2.45, 2.75) is 24.8 Å². The largest absolute Gasteiger partial charge is 0.322 e. The average Bonchev–Trinajstić information content (AvgIpc) is 3.14. The molecule has 31 heavy (non-hydrogen) atoms. The van der Waals surface area contributed by atoms with E-state index in [1.54, 1.807) is 11.8 Å². The molecule has 5 nitrogen and oxygen atoms in total. The first-order chi connectivity index (χ1) is 15.0. The summed E-state index contributed by atoms with van der Waals surface area (Å²) in [4.78, 5) is 12.5. The van der Waals surface area contributed by atoms with Crippen LogP contribution in [-0.2, 0) is 12.8 Å². The number of thioether (sulfide) groups is 1. The summed E-state index contributed by atoms with van der Waals surface area (Å²) in [5.74, 6) is 1.46. The molecule has 0 aliphatic heterocycles. The minimum absolute atomic E-state index is 0.135. The van der Waals surface area contributed by atoms with E-state index in [1.807, 2.05) is 67.1 Å². The molecule has 3 aromatic carbocycles. The molecule has 4 aromatic rings. The number of carbonyl (C=O) groups is 1. The Bertz CT molecular complexity index is 1200. The maximum Gasteiger partial charge on any atom is 0.255 e. The van der Waals surface area contributed by atoms with Crippen molar-refractivity contribution in [1.82, 2.24) is 14.8 Å². The Kier molecular flexibility index (Phi) is 6.18. The highest BCUT2D eigenvalue weighted by molar-refractivity contribution is 7.98. The average molecular weight is 429 g/mol. The second-order valence-electron chi connectivity index (χ2n) is 7.54. The molecule has 1 heterocycles. The van der Waals surface area contributed by atoms with Gasteiger partial charge in [-0.2, -0.15) is 0 Å². The van der Waals surface area contributed by atoms with Crippen LogP contribution >= 0.6 is 11.8 Å². The SMILES string of the molecule is Cc1ccc(CSc2nnc(-c3cccc(NC(=O)c4ccc(C)cc4)c3)n2C)cc1. The predicted molar refractivity (Wildman–Crippen MR) is 126 cm³/mol. The normalized spacial score (nSPS) is 10.8. The lowest BCUT2D eigenvalue weighted by atomic mass is 10.1. The van der Waals surface area contributed by atoms with Crippen LogP contribution in [0.4, 0.5) is 5.69 Å². The number of rotatable bonds is 6. The van der Waals surface area contributed by atoms with E-state index in [2.05, 4.69) is 46.7 Å². The van der Waals surface area contributed by atoms with Crippen LogP contribution in [0.1, 0.15) is 27.0 Å². The van der Waals surface area contributed by atoms with E-state index in [1.165, 1.54) is 11.1 Å². The van der Waals surface area contributed by atoms with Gasteiger partial charge < -0.3 is 9.88 Å². The lowest BCUT2D eigenvalue weighted by molar-refractivity contribution is 0.102. The zero-order valence-corrected chi connectivity index (χ0v) is 18.6. The minimum atomic E-state index is -0.135. The number of aryl methyl sites for hydroxylation is 2. The van der Waals surface area contributed by atoms with Crippen LogP contribution in [-0.4, -0.2) is 20.7 Å². The van der Waals surface area contributed by atoms with E-state index >= 15 is 0 Å². The standard InChI is InChI=1S/C25H24N4OS/c1-17-7-11-19(12-8-17)16-31-25-28-27-23(29(25)3)21-5-4-6-22(15-21)26-24(30)20-13-9-18(2)10-14-20/h4-15H,16H2,1-3H3,(H,26,30). The van der Waals surface area contributed by atoms with Crippen LogP contribution in [0.25, 0.3) is 11.4 Å². The van der Waals surface area contributed by atoms with Crippen molar-refractivity contribution in [2.75, 3.05) is 5.32 Å². The summed E-state index contributed by atoms with van der Waals surface area (Å²) in [5, 5.41) is 12.6. The van der Waals surface area contributed by atoms with Crippen molar-refractivity contribution in [3.05, 3.63) is 95.1 Å².